The van der Waals surface area contributed by atoms with Gasteiger partial charge in [-0.2, -0.15) is 0 Å². The molecule has 0 spiro atoms. The molecular weight excluding hydrogens is 174 g/mol. The van der Waals surface area contributed by atoms with Gasteiger partial charge in [0.15, 0.2) is 5.96 Å². The number of aliphatic imine (C=N–C) groups is 1. The molecule has 0 bridgehead atoms. The molecule has 0 atom stereocenters. The fourth-order valence-electron chi connectivity index (χ4n) is 1.33. The standard InChI is InChI=1S/C11H17N3/c1-8(2)7-9-3-5-10(6-4-9)14-11(12)13/h3-6,8H,7H2,1-2H3,(H4,12,13,14). The van der Waals surface area contributed by atoms with E-state index in [1.54, 1.807) is 0 Å². The van der Waals surface area contributed by atoms with Crippen LogP contribution in [-0.4, -0.2) is 5.96 Å². The van der Waals surface area contributed by atoms with E-state index in [-0.39, 0.29) is 5.96 Å². The van der Waals surface area contributed by atoms with Crippen molar-refractivity contribution in [3.63, 3.8) is 0 Å². The normalized spacial score (nSPS) is 10.2. The molecule has 0 unspecified atom stereocenters. The van der Waals surface area contributed by atoms with Gasteiger partial charge in [0.05, 0.1) is 5.69 Å². The molecule has 0 aliphatic rings. The quantitative estimate of drug-likeness (QED) is 0.565. The molecule has 0 aliphatic carbocycles. The highest BCUT2D eigenvalue weighted by atomic mass is 15.0. The largest absolute Gasteiger partial charge is 0.370 e. The maximum atomic E-state index is 5.27. The first-order chi connectivity index (χ1) is 6.58. The Labute approximate surface area is 84.8 Å². The number of hydrogen-bond donors (Lipinski definition) is 2. The lowest BCUT2D eigenvalue weighted by atomic mass is 10.0. The molecule has 0 amide bonds. The van der Waals surface area contributed by atoms with Gasteiger partial charge in [-0.25, -0.2) is 4.99 Å². The minimum Gasteiger partial charge on any atom is -0.370 e. The summed E-state index contributed by atoms with van der Waals surface area (Å²) >= 11 is 0. The Balaban J connectivity index is 2.74. The zero-order valence-electron chi connectivity index (χ0n) is 8.70. The Bertz CT molecular complexity index is 308. The lowest BCUT2D eigenvalue weighted by Gasteiger charge is -2.04. The van der Waals surface area contributed by atoms with E-state index in [2.05, 4.69) is 31.0 Å². The first kappa shape index (κ1) is 10.6. The van der Waals surface area contributed by atoms with Crippen LogP contribution < -0.4 is 11.5 Å². The van der Waals surface area contributed by atoms with Crippen LogP contribution in [0, 0.1) is 5.92 Å². The molecule has 14 heavy (non-hydrogen) atoms. The van der Waals surface area contributed by atoms with Crippen LogP contribution in [0.3, 0.4) is 0 Å². The van der Waals surface area contributed by atoms with Crippen molar-refractivity contribution in [1.29, 1.82) is 0 Å². The summed E-state index contributed by atoms with van der Waals surface area (Å²) in [6.07, 6.45) is 1.09. The summed E-state index contributed by atoms with van der Waals surface area (Å²) in [4.78, 5) is 3.95. The predicted molar refractivity (Wildman–Crippen MR) is 60.5 cm³/mol. The fraction of sp³-hybridized carbons (Fsp3) is 0.364. The van der Waals surface area contributed by atoms with E-state index in [9.17, 15) is 0 Å². The first-order valence-corrected chi connectivity index (χ1v) is 4.76. The summed E-state index contributed by atoms with van der Waals surface area (Å²) in [5.74, 6) is 0.769. The van der Waals surface area contributed by atoms with Gasteiger partial charge in [-0.3, -0.25) is 0 Å². The van der Waals surface area contributed by atoms with E-state index in [1.165, 1.54) is 5.56 Å². The molecule has 3 heteroatoms. The van der Waals surface area contributed by atoms with E-state index >= 15 is 0 Å². The van der Waals surface area contributed by atoms with Crippen molar-refractivity contribution in [3.8, 4) is 0 Å². The summed E-state index contributed by atoms with van der Waals surface area (Å²) in [5.41, 5.74) is 12.7. The zero-order valence-corrected chi connectivity index (χ0v) is 8.70. The molecule has 0 aromatic heterocycles. The number of rotatable bonds is 3. The van der Waals surface area contributed by atoms with Crippen LogP contribution in [-0.2, 0) is 6.42 Å². The molecular formula is C11H17N3. The van der Waals surface area contributed by atoms with Gasteiger partial charge in [0.1, 0.15) is 0 Å². The van der Waals surface area contributed by atoms with Crippen LogP contribution in [0.15, 0.2) is 29.3 Å². The van der Waals surface area contributed by atoms with Crippen molar-refractivity contribution in [1.82, 2.24) is 0 Å². The molecule has 1 aromatic carbocycles. The number of guanidine groups is 1. The second-order valence-corrected chi connectivity index (χ2v) is 3.80. The third kappa shape index (κ3) is 3.47. The van der Waals surface area contributed by atoms with Gasteiger partial charge in [-0.05, 0) is 30.0 Å². The summed E-state index contributed by atoms with van der Waals surface area (Å²) < 4.78 is 0. The Morgan fingerprint density at radius 1 is 1.21 bits per heavy atom. The van der Waals surface area contributed by atoms with Crippen molar-refractivity contribution in [2.24, 2.45) is 22.4 Å². The molecule has 1 aromatic rings. The van der Waals surface area contributed by atoms with Crippen LogP contribution in [0.2, 0.25) is 0 Å². The molecule has 1 rings (SSSR count). The lowest BCUT2D eigenvalue weighted by molar-refractivity contribution is 0.647. The van der Waals surface area contributed by atoms with Gasteiger partial charge in [0.25, 0.3) is 0 Å². The van der Waals surface area contributed by atoms with Crippen LogP contribution >= 0.6 is 0 Å². The fourth-order valence-corrected chi connectivity index (χ4v) is 1.33. The van der Waals surface area contributed by atoms with Gasteiger partial charge in [0, 0.05) is 0 Å². The highest BCUT2D eigenvalue weighted by molar-refractivity contribution is 5.78. The Morgan fingerprint density at radius 3 is 2.21 bits per heavy atom. The Kier molecular flexibility index (Phi) is 3.51. The summed E-state index contributed by atoms with van der Waals surface area (Å²) in [7, 11) is 0. The van der Waals surface area contributed by atoms with Crippen LogP contribution in [0.4, 0.5) is 5.69 Å². The zero-order chi connectivity index (χ0) is 10.6. The van der Waals surface area contributed by atoms with Crippen LogP contribution in [0.5, 0.6) is 0 Å². The number of nitrogens with two attached hydrogens (primary N) is 2. The second kappa shape index (κ2) is 4.65. The summed E-state index contributed by atoms with van der Waals surface area (Å²) in [5, 5.41) is 0. The molecule has 0 radical (unpaired) electrons. The third-order valence-electron chi connectivity index (χ3n) is 1.84. The van der Waals surface area contributed by atoms with Gasteiger partial charge in [0.2, 0.25) is 0 Å². The van der Waals surface area contributed by atoms with Crippen LogP contribution in [0.1, 0.15) is 19.4 Å². The molecule has 0 saturated carbocycles. The molecule has 0 fully saturated rings. The Morgan fingerprint density at radius 2 is 1.79 bits per heavy atom. The average molecular weight is 191 g/mol. The van der Waals surface area contributed by atoms with E-state index in [1.807, 2.05) is 12.1 Å². The molecule has 76 valence electrons. The van der Waals surface area contributed by atoms with E-state index in [4.69, 9.17) is 11.5 Å². The van der Waals surface area contributed by atoms with Crippen LogP contribution in [0.25, 0.3) is 0 Å². The monoisotopic (exact) mass is 191 g/mol. The first-order valence-electron chi connectivity index (χ1n) is 4.76. The smallest absolute Gasteiger partial charge is 0.191 e. The molecule has 0 saturated heterocycles. The average Bonchev–Trinajstić information content (AvgIpc) is 2.06. The lowest BCUT2D eigenvalue weighted by Crippen LogP contribution is -2.21. The van der Waals surface area contributed by atoms with E-state index in [0.717, 1.165) is 12.1 Å². The predicted octanol–water partition coefficient (Wildman–Crippen LogP) is 1.79. The van der Waals surface area contributed by atoms with Crippen molar-refractivity contribution in [2.75, 3.05) is 0 Å². The van der Waals surface area contributed by atoms with Crippen molar-refractivity contribution in [2.45, 2.75) is 20.3 Å². The maximum absolute atomic E-state index is 5.27. The van der Waals surface area contributed by atoms with Gasteiger partial charge < -0.3 is 11.5 Å². The molecule has 0 heterocycles. The molecule has 3 nitrogen and oxygen atoms in total. The minimum absolute atomic E-state index is 0.0987. The van der Waals surface area contributed by atoms with Crippen molar-refractivity contribution >= 4 is 11.6 Å². The van der Waals surface area contributed by atoms with Gasteiger partial charge in [-0.15, -0.1) is 0 Å². The maximum Gasteiger partial charge on any atom is 0.191 e. The van der Waals surface area contributed by atoms with Gasteiger partial charge in [-0.1, -0.05) is 26.0 Å². The summed E-state index contributed by atoms with van der Waals surface area (Å²) in [6.45, 7) is 4.40. The second-order valence-electron chi connectivity index (χ2n) is 3.80. The highest BCUT2D eigenvalue weighted by Gasteiger charge is 1.97. The Hall–Kier alpha value is -1.51. The molecule has 4 N–H and O–H groups in total. The SMILES string of the molecule is CC(C)Cc1ccc(N=C(N)N)cc1. The number of hydrogen-bond acceptors (Lipinski definition) is 1. The van der Waals surface area contributed by atoms with Crippen molar-refractivity contribution < 1.29 is 0 Å². The topological polar surface area (TPSA) is 64.4 Å². The van der Waals surface area contributed by atoms with E-state index in [0.29, 0.717) is 5.92 Å². The van der Waals surface area contributed by atoms with Gasteiger partial charge >= 0.3 is 0 Å². The van der Waals surface area contributed by atoms with E-state index < -0.39 is 0 Å². The number of nitrogens with zero attached hydrogens (tertiary/aromatic N) is 1. The van der Waals surface area contributed by atoms with Crippen molar-refractivity contribution in [3.05, 3.63) is 29.8 Å². The molecule has 0 aliphatic heterocycles. The highest BCUT2D eigenvalue weighted by Crippen LogP contribution is 2.14. The number of benzene rings is 1. The summed E-state index contributed by atoms with van der Waals surface area (Å²) in [6, 6.07) is 7.97. The third-order valence-corrected chi connectivity index (χ3v) is 1.84. The minimum atomic E-state index is 0.0987.